The SMILES string of the molecule is CCc1cc2ccccc2nc1SCC(=O)NCCc1ccc(OC)c(OC)c1. The molecule has 0 spiro atoms. The number of carbonyl (C=O) groups is 1. The zero-order chi connectivity index (χ0) is 20.6. The number of amides is 1. The monoisotopic (exact) mass is 410 g/mol. The maximum absolute atomic E-state index is 12.3. The molecule has 29 heavy (non-hydrogen) atoms. The van der Waals surface area contributed by atoms with Crippen LogP contribution < -0.4 is 14.8 Å². The second-order valence-electron chi connectivity index (χ2n) is 6.58. The van der Waals surface area contributed by atoms with E-state index in [0.717, 1.165) is 34.3 Å². The number of hydrogen-bond acceptors (Lipinski definition) is 5. The average molecular weight is 411 g/mol. The Bertz CT molecular complexity index is 991. The second kappa shape index (κ2) is 10.2. The van der Waals surface area contributed by atoms with Crippen LogP contribution in [-0.4, -0.2) is 37.4 Å². The van der Waals surface area contributed by atoms with E-state index in [1.165, 1.54) is 17.3 Å². The molecule has 0 aliphatic carbocycles. The number of aryl methyl sites for hydroxylation is 1. The van der Waals surface area contributed by atoms with Gasteiger partial charge in [0.2, 0.25) is 5.91 Å². The molecule has 5 nitrogen and oxygen atoms in total. The highest BCUT2D eigenvalue weighted by Crippen LogP contribution is 2.28. The standard InChI is InChI=1S/C23H26N2O3S/c1-4-17-14-18-7-5-6-8-19(18)25-23(17)29-15-22(26)24-12-11-16-9-10-20(27-2)21(13-16)28-3/h5-10,13-14H,4,11-12,15H2,1-3H3,(H,24,26). The quantitative estimate of drug-likeness (QED) is 0.534. The van der Waals surface area contributed by atoms with E-state index in [0.29, 0.717) is 23.8 Å². The number of pyridine rings is 1. The summed E-state index contributed by atoms with van der Waals surface area (Å²) in [6.07, 6.45) is 1.62. The van der Waals surface area contributed by atoms with E-state index in [4.69, 9.17) is 14.5 Å². The van der Waals surface area contributed by atoms with E-state index in [1.54, 1.807) is 14.2 Å². The lowest BCUT2D eigenvalue weighted by Crippen LogP contribution is -2.27. The average Bonchev–Trinajstić information content (AvgIpc) is 2.76. The van der Waals surface area contributed by atoms with Crippen molar-refractivity contribution in [3.63, 3.8) is 0 Å². The van der Waals surface area contributed by atoms with Gasteiger partial charge in [-0.15, -0.1) is 0 Å². The minimum absolute atomic E-state index is 0.00693. The molecule has 1 heterocycles. The van der Waals surface area contributed by atoms with Gasteiger partial charge in [-0.3, -0.25) is 4.79 Å². The third kappa shape index (κ3) is 5.41. The molecule has 0 aliphatic rings. The van der Waals surface area contributed by atoms with E-state index in [2.05, 4.69) is 24.4 Å². The van der Waals surface area contributed by atoms with E-state index in [-0.39, 0.29) is 5.91 Å². The molecule has 3 aromatic rings. The maximum atomic E-state index is 12.3. The highest BCUT2D eigenvalue weighted by molar-refractivity contribution is 7.99. The summed E-state index contributed by atoms with van der Waals surface area (Å²) in [5.74, 6) is 1.75. The van der Waals surface area contributed by atoms with Crippen LogP contribution in [0.2, 0.25) is 0 Å². The highest BCUT2D eigenvalue weighted by Gasteiger charge is 2.10. The van der Waals surface area contributed by atoms with Crippen LogP contribution in [0.25, 0.3) is 10.9 Å². The summed E-state index contributed by atoms with van der Waals surface area (Å²) in [6.45, 7) is 2.68. The number of nitrogens with zero attached hydrogens (tertiary/aromatic N) is 1. The van der Waals surface area contributed by atoms with Crippen LogP contribution in [0.15, 0.2) is 53.6 Å². The normalized spacial score (nSPS) is 10.7. The molecule has 0 atom stereocenters. The number of rotatable bonds is 9. The van der Waals surface area contributed by atoms with E-state index >= 15 is 0 Å². The largest absolute Gasteiger partial charge is 0.493 e. The van der Waals surface area contributed by atoms with Crippen LogP contribution in [-0.2, 0) is 17.6 Å². The van der Waals surface area contributed by atoms with Crippen molar-refractivity contribution in [2.24, 2.45) is 0 Å². The molecule has 6 heteroatoms. The predicted octanol–water partition coefficient (Wildman–Crippen LogP) is 4.27. The predicted molar refractivity (Wildman–Crippen MR) is 118 cm³/mol. The van der Waals surface area contributed by atoms with Crippen molar-refractivity contribution >= 4 is 28.6 Å². The van der Waals surface area contributed by atoms with Crippen molar-refractivity contribution in [3.8, 4) is 11.5 Å². The van der Waals surface area contributed by atoms with Crippen molar-refractivity contribution in [2.75, 3.05) is 26.5 Å². The van der Waals surface area contributed by atoms with Crippen molar-refractivity contribution in [1.29, 1.82) is 0 Å². The minimum atomic E-state index is 0.00693. The maximum Gasteiger partial charge on any atom is 0.230 e. The Hall–Kier alpha value is -2.73. The number of ether oxygens (including phenoxy) is 2. The van der Waals surface area contributed by atoms with Gasteiger partial charge in [0.1, 0.15) is 5.03 Å². The Kier molecular flexibility index (Phi) is 7.36. The van der Waals surface area contributed by atoms with Crippen LogP contribution in [0.4, 0.5) is 0 Å². The number of aromatic nitrogens is 1. The lowest BCUT2D eigenvalue weighted by Gasteiger charge is -2.11. The van der Waals surface area contributed by atoms with Gasteiger partial charge in [-0.05, 0) is 48.2 Å². The van der Waals surface area contributed by atoms with Crippen molar-refractivity contribution in [1.82, 2.24) is 10.3 Å². The first-order valence-corrected chi connectivity index (χ1v) is 10.6. The van der Waals surface area contributed by atoms with Crippen LogP contribution in [0.1, 0.15) is 18.1 Å². The Morgan fingerprint density at radius 3 is 2.62 bits per heavy atom. The molecule has 1 amide bonds. The molecular formula is C23H26N2O3S. The molecule has 0 saturated carbocycles. The van der Waals surface area contributed by atoms with Gasteiger partial charge in [0.05, 0.1) is 25.5 Å². The second-order valence-corrected chi connectivity index (χ2v) is 7.54. The summed E-state index contributed by atoms with van der Waals surface area (Å²) in [4.78, 5) is 17.0. The number of methoxy groups -OCH3 is 2. The van der Waals surface area contributed by atoms with Crippen LogP contribution >= 0.6 is 11.8 Å². The van der Waals surface area contributed by atoms with E-state index in [1.807, 2.05) is 36.4 Å². The van der Waals surface area contributed by atoms with Gasteiger partial charge >= 0.3 is 0 Å². The van der Waals surface area contributed by atoms with Gasteiger partial charge in [0.15, 0.2) is 11.5 Å². The molecule has 1 N–H and O–H groups in total. The fourth-order valence-electron chi connectivity index (χ4n) is 3.09. The molecule has 2 aromatic carbocycles. The molecule has 152 valence electrons. The molecule has 1 aromatic heterocycles. The summed E-state index contributed by atoms with van der Waals surface area (Å²) in [7, 11) is 3.23. The number of hydrogen-bond donors (Lipinski definition) is 1. The Balaban J connectivity index is 1.53. The van der Waals surface area contributed by atoms with E-state index in [9.17, 15) is 4.79 Å². The molecule has 0 fully saturated rings. The topological polar surface area (TPSA) is 60.5 Å². The van der Waals surface area contributed by atoms with E-state index < -0.39 is 0 Å². The lowest BCUT2D eigenvalue weighted by molar-refractivity contribution is -0.118. The number of para-hydroxylation sites is 1. The first-order chi connectivity index (χ1) is 14.1. The third-order valence-electron chi connectivity index (χ3n) is 4.67. The Labute approximate surface area is 175 Å². The minimum Gasteiger partial charge on any atom is -0.493 e. The van der Waals surface area contributed by atoms with Gasteiger partial charge < -0.3 is 14.8 Å². The third-order valence-corrected chi connectivity index (χ3v) is 5.70. The number of carbonyl (C=O) groups excluding carboxylic acids is 1. The first-order valence-electron chi connectivity index (χ1n) is 9.63. The van der Waals surface area contributed by atoms with Crippen molar-refractivity contribution < 1.29 is 14.3 Å². The summed E-state index contributed by atoms with van der Waals surface area (Å²) >= 11 is 1.49. The van der Waals surface area contributed by atoms with Gasteiger partial charge in [0, 0.05) is 11.9 Å². The molecule has 0 unspecified atom stereocenters. The summed E-state index contributed by atoms with van der Waals surface area (Å²) in [5.41, 5.74) is 3.22. The van der Waals surface area contributed by atoms with Gasteiger partial charge in [-0.25, -0.2) is 4.98 Å². The van der Waals surface area contributed by atoms with Gasteiger partial charge in [-0.1, -0.05) is 43.0 Å². The molecule has 0 aliphatic heterocycles. The number of benzene rings is 2. The van der Waals surface area contributed by atoms with Crippen LogP contribution in [0, 0.1) is 0 Å². The lowest BCUT2D eigenvalue weighted by atomic mass is 10.1. The Morgan fingerprint density at radius 1 is 1.07 bits per heavy atom. The smallest absolute Gasteiger partial charge is 0.230 e. The highest BCUT2D eigenvalue weighted by atomic mass is 32.2. The first kappa shape index (κ1) is 21.0. The molecule has 3 rings (SSSR count). The number of nitrogens with one attached hydrogen (secondary N) is 1. The summed E-state index contributed by atoms with van der Waals surface area (Å²) < 4.78 is 10.6. The Morgan fingerprint density at radius 2 is 1.86 bits per heavy atom. The summed E-state index contributed by atoms with van der Waals surface area (Å²) in [6, 6.07) is 16.0. The van der Waals surface area contributed by atoms with Crippen molar-refractivity contribution in [2.45, 2.75) is 24.8 Å². The van der Waals surface area contributed by atoms with Crippen LogP contribution in [0.3, 0.4) is 0 Å². The number of fused-ring (bicyclic) bond motifs is 1. The zero-order valence-corrected chi connectivity index (χ0v) is 17.8. The molecule has 0 saturated heterocycles. The van der Waals surface area contributed by atoms with Gasteiger partial charge in [0.25, 0.3) is 0 Å². The van der Waals surface area contributed by atoms with Gasteiger partial charge in [-0.2, -0.15) is 0 Å². The fourth-order valence-corrected chi connectivity index (χ4v) is 4.01. The molecule has 0 radical (unpaired) electrons. The van der Waals surface area contributed by atoms with Crippen LogP contribution in [0.5, 0.6) is 11.5 Å². The molecular weight excluding hydrogens is 384 g/mol. The summed E-state index contributed by atoms with van der Waals surface area (Å²) in [5, 5.41) is 5.05. The zero-order valence-electron chi connectivity index (χ0n) is 17.0. The fraction of sp³-hybridized carbons (Fsp3) is 0.304. The number of thioether (sulfide) groups is 1. The molecule has 0 bridgehead atoms. The van der Waals surface area contributed by atoms with Crippen molar-refractivity contribution in [3.05, 3.63) is 59.7 Å².